The van der Waals surface area contributed by atoms with Crippen molar-refractivity contribution in [1.82, 2.24) is 5.32 Å². The molecule has 0 bridgehead atoms. The molecule has 0 atom stereocenters. The van der Waals surface area contributed by atoms with Crippen LogP contribution in [-0.4, -0.2) is 23.2 Å². The topological polar surface area (TPSA) is 70.9 Å². The van der Waals surface area contributed by atoms with E-state index in [1.54, 1.807) is 0 Å². The van der Waals surface area contributed by atoms with E-state index in [2.05, 4.69) is 15.3 Å². The number of Topliss-reactive ketones (excluding diaryl/α,β-unsaturated/α-hetero) is 1. The van der Waals surface area contributed by atoms with E-state index in [0.717, 1.165) is 22.5 Å². The number of carbonyl (C=O) groups is 2. The number of nitrogens with zero attached hydrogens (tertiary/aromatic N) is 2. The first-order valence-corrected chi connectivity index (χ1v) is 7.66. The van der Waals surface area contributed by atoms with Gasteiger partial charge in [0.25, 0.3) is 5.91 Å². The van der Waals surface area contributed by atoms with Gasteiger partial charge in [0.15, 0.2) is 5.84 Å². The minimum Gasteiger partial charge on any atom is -0.302 e. The smallest absolute Gasteiger partial charge is 0.293 e. The number of aliphatic imine (C=N–C) groups is 2. The molecule has 0 radical (unpaired) electrons. The first kappa shape index (κ1) is 15.8. The van der Waals surface area contributed by atoms with Crippen LogP contribution in [0.15, 0.2) is 58.5 Å². The molecule has 1 heterocycles. The largest absolute Gasteiger partial charge is 0.302 e. The summed E-state index contributed by atoms with van der Waals surface area (Å²) in [4.78, 5) is 32.6. The molecule has 0 unspecified atom stereocenters. The van der Waals surface area contributed by atoms with Gasteiger partial charge in [-0.2, -0.15) is 0 Å². The third-order valence-corrected chi connectivity index (χ3v) is 3.81. The van der Waals surface area contributed by atoms with E-state index in [1.807, 2.05) is 62.4 Å². The van der Waals surface area contributed by atoms with E-state index in [1.165, 1.54) is 0 Å². The van der Waals surface area contributed by atoms with Crippen molar-refractivity contribution in [3.8, 4) is 0 Å². The molecular weight excluding hydrogens is 302 g/mol. The number of hydrogen-bond donors (Lipinski definition) is 1. The van der Waals surface area contributed by atoms with Crippen molar-refractivity contribution in [2.75, 3.05) is 0 Å². The van der Waals surface area contributed by atoms with Crippen molar-refractivity contribution >= 4 is 34.6 Å². The monoisotopic (exact) mass is 319 g/mol. The summed E-state index contributed by atoms with van der Waals surface area (Å²) in [7, 11) is 0. The van der Waals surface area contributed by atoms with Crippen LogP contribution in [0.25, 0.3) is 0 Å². The van der Waals surface area contributed by atoms with E-state index in [-0.39, 0.29) is 6.42 Å². The lowest BCUT2D eigenvalue weighted by Gasteiger charge is -2.17. The van der Waals surface area contributed by atoms with E-state index < -0.39 is 11.7 Å². The molecule has 1 N–H and O–H groups in total. The number of rotatable bonds is 2. The molecule has 24 heavy (non-hydrogen) atoms. The van der Waals surface area contributed by atoms with Crippen LogP contribution in [0.5, 0.6) is 0 Å². The highest BCUT2D eigenvalue weighted by atomic mass is 16.2. The Labute approximate surface area is 140 Å². The number of benzene rings is 2. The zero-order valence-corrected chi connectivity index (χ0v) is 13.5. The van der Waals surface area contributed by atoms with Gasteiger partial charge in [-0.25, -0.2) is 9.98 Å². The summed E-state index contributed by atoms with van der Waals surface area (Å²) in [5, 5.41) is 2.56. The minimum absolute atomic E-state index is 0.0507. The molecule has 0 aliphatic carbocycles. The predicted molar refractivity (Wildman–Crippen MR) is 94.3 cm³/mol. The van der Waals surface area contributed by atoms with E-state index in [0.29, 0.717) is 11.5 Å². The Balaban J connectivity index is 2.07. The van der Waals surface area contributed by atoms with Crippen molar-refractivity contribution in [2.45, 2.75) is 20.3 Å². The van der Waals surface area contributed by atoms with Crippen molar-refractivity contribution in [3.05, 3.63) is 59.7 Å². The number of aryl methyl sites for hydroxylation is 2. The summed E-state index contributed by atoms with van der Waals surface area (Å²) in [5.74, 6) is -0.825. The molecule has 5 nitrogen and oxygen atoms in total. The lowest BCUT2D eigenvalue weighted by atomic mass is 10.1. The normalized spacial score (nSPS) is 18.1. The van der Waals surface area contributed by atoms with Crippen molar-refractivity contribution in [2.24, 2.45) is 9.98 Å². The number of piperidine rings is 1. The van der Waals surface area contributed by atoms with E-state index in [4.69, 9.17) is 0 Å². The molecule has 1 aliphatic heterocycles. The SMILES string of the molecule is Cc1ccccc1N=C1CC(=O)C(=O)NC1=Nc1ccccc1C. The number of nitrogens with one attached hydrogen (secondary N) is 1. The van der Waals surface area contributed by atoms with Gasteiger partial charge in [-0.15, -0.1) is 0 Å². The van der Waals surface area contributed by atoms with Gasteiger partial charge in [-0.1, -0.05) is 36.4 Å². The van der Waals surface area contributed by atoms with Crippen LogP contribution in [-0.2, 0) is 9.59 Å². The van der Waals surface area contributed by atoms with Gasteiger partial charge in [-0.3, -0.25) is 9.59 Å². The summed E-state index contributed by atoms with van der Waals surface area (Å²) in [6.45, 7) is 3.88. The lowest BCUT2D eigenvalue weighted by Crippen LogP contribution is -2.47. The fourth-order valence-electron chi connectivity index (χ4n) is 2.39. The molecule has 3 rings (SSSR count). The molecule has 1 aliphatic rings. The Morgan fingerprint density at radius 2 is 1.38 bits per heavy atom. The van der Waals surface area contributed by atoms with Crippen LogP contribution in [0, 0.1) is 13.8 Å². The van der Waals surface area contributed by atoms with Crippen molar-refractivity contribution in [1.29, 1.82) is 0 Å². The Bertz CT molecular complexity index is 808. The third kappa shape index (κ3) is 3.30. The second kappa shape index (κ2) is 6.58. The van der Waals surface area contributed by atoms with Gasteiger partial charge in [0.2, 0.25) is 5.78 Å². The highest BCUT2D eigenvalue weighted by Crippen LogP contribution is 2.21. The summed E-state index contributed by atoms with van der Waals surface area (Å²) in [5.41, 5.74) is 3.93. The van der Waals surface area contributed by atoms with Gasteiger partial charge >= 0.3 is 0 Å². The highest BCUT2D eigenvalue weighted by molar-refractivity contribution is 6.59. The number of para-hydroxylation sites is 2. The van der Waals surface area contributed by atoms with E-state index in [9.17, 15) is 9.59 Å². The minimum atomic E-state index is -0.647. The molecule has 5 heteroatoms. The lowest BCUT2D eigenvalue weighted by molar-refractivity contribution is -0.136. The van der Waals surface area contributed by atoms with Crippen LogP contribution < -0.4 is 5.32 Å². The maximum Gasteiger partial charge on any atom is 0.293 e. The Kier molecular flexibility index (Phi) is 4.33. The molecule has 120 valence electrons. The summed E-state index contributed by atoms with van der Waals surface area (Å²) < 4.78 is 0. The molecular formula is C19H17N3O2. The Morgan fingerprint density at radius 3 is 1.96 bits per heavy atom. The average Bonchev–Trinajstić information content (AvgIpc) is 2.56. The maximum atomic E-state index is 11.8. The number of amidine groups is 1. The molecule has 1 saturated heterocycles. The third-order valence-electron chi connectivity index (χ3n) is 3.81. The Morgan fingerprint density at radius 1 is 0.833 bits per heavy atom. The average molecular weight is 319 g/mol. The second-order valence-electron chi connectivity index (χ2n) is 5.65. The first-order chi connectivity index (χ1) is 11.5. The molecule has 2 aromatic carbocycles. The van der Waals surface area contributed by atoms with Crippen LogP contribution >= 0.6 is 0 Å². The molecule has 2 aromatic rings. The standard InChI is InChI=1S/C19H17N3O2/c1-12-7-3-5-9-14(12)20-16-11-17(23)19(24)22-18(16)21-15-10-6-4-8-13(15)2/h3-10H,11H2,1-2H3,(H,21,22,24). The second-order valence-corrected chi connectivity index (χ2v) is 5.65. The van der Waals surface area contributed by atoms with Crippen molar-refractivity contribution in [3.63, 3.8) is 0 Å². The fourth-order valence-corrected chi connectivity index (χ4v) is 2.39. The van der Waals surface area contributed by atoms with Gasteiger partial charge in [0.1, 0.15) is 0 Å². The molecule has 0 spiro atoms. The number of hydrogen-bond acceptors (Lipinski definition) is 4. The van der Waals surface area contributed by atoms with Crippen LogP contribution in [0.4, 0.5) is 11.4 Å². The quantitative estimate of drug-likeness (QED) is 0.864. The number of amides is 1. The maximum absolute atomic E-state index is 11.8. The van der Waals surface area contributed by atoms with Gasteiger partial charge in [0, 0.05) is 0 Å². The van der Waals surface area contributed by atoms with Gasteiger partial charge in [0.05, 0.1) is 23.5 Å². The zero-order valence-electron chi connectivity index (χ0n) is 13.5. The highest BCUT2D eigenvalue weighted by Gasteiger charge is 2.28. The zero-order chi connectivity index (χ0) is 17.1. The number of carbonyl (C=O) groups excluding carboxylic acids is 2. The fraction of sp³-hybridized carbons (Fsp3) is 0.158. The number of ketones is 1. The summed E-state index contributed by atoms with van der Waals surface area (Å²) in [6.07, 6.45) is -0.0507. The van der Waals surface area contributed by atoms with Crippen LogP contribution in [0.1, 0.15) is 17.5 Å². The molecule has 0 saturated carbocycles. The van der Waals surface area contributed by atoms with Gasteiger partial charge < -0.3 is 5.32 Å². The van der Waals surface area contributed by atoms with Crippen molar-refractivity contribution < 1.29 is 9.59 Å². The molecule has 1 fully saturated rings. The van der Waals surface area contributed by atoms with Gasteiger partial charge in [-0.05, 0) is 37.1 Å². The van der Waals surface area contributed by atoms with Crippen LogP contribution in [0.3, 0.4) is 0 Å². The first-order valence-electron chi connectivity index (χ1n) is 7.66. The Hall–Kier alpha value is -3.08. The predicted octanol–water partition coefficient (Wildman–Crippen LogP) is 3.20. The summed E-state index contributed by atoms with van der Waals surface area (Å²) >= 11 is 0. The van der Waals surface area contributed by atoms with E-state index >= 15 is 0 Å². The van der Waals surface area contributed by atoms with Crippen LogP contribution in [0.2, 0.25) is 0 Å². The summed E-state index contributed by atoms with van der Waals surface area (Å²) in [6, 6.07) is 15.2. The molecule has 0 aromatic heterocycles. The molecule has 1 amide bonds.